The number of rotatable bonds is 4. The summed E-state index contributed by atoms with van der Waals surface area (Å²) in [5.41, 5.74) is 0. The van der Waals surface area contributed by atoms with E-state index in [2.05, 4.69) is 0 Å². The molecule has 1 rings (SSSR count). The highest BCUT2D eigenvalue weighted by Crippen LogP contribution is 2.20. The number of aliphatic carboxylic acids is 1. The fraction of sp³-hybridized carbons (Fsp3) is 0.700. The van der Waals surface area contributed by atoms with Gasteiger partial charge in [0.25, 0.3) is 0 Å². The average Bonchev–Trinajstić information content (AvgIpc) is 2.42. The number of likely N-dealkylation sites (tertiary alicyclic amines) is 1. The Balaban J connectivity index is 2.83. The topological polar surface area (TPSA) is 74.7 Å². The lowest BCUT2D eigenvalue weighted by molar-refractivity contribution is -0.154. The Morgan fingerprint density at radius 1 is 1.33 bits per heavy atom. The molecular weight excluding hydrogens is 198 g/mol. The van der Waals surface area contributed by atoms with Gasteiger partial charge in [0, 0.05) is 12.8 Å². The van der Waals surface area contributed by atoms with Gasteiger partial charge >= 0.3 is 5.97 Å². The fourth-order valence-corrected chi connectivity index (χ4v) is 1.70. The highest BCUT2D eigenvalue weighted by molar-refractivity contribution is 6.04. The van der Waals surface area contributed by atoms with Gasteiger partial charge in [0.15, 0.2) is 0 Å². The zero-order chi connectivity index (χ0) is 11.6. The second-order valence-corrected chi connectivity index (χ2v) is 4.14. The predicted octanol–water partition coefficient (Wildman–Crippen LogP) is 0.635. The maximum Gasteiger partial charge on any atom is 0.326 e. The van der Waals surface area contributed by atoms with Crippen molar-refractivity contribution >= 4 is 17.8 Å². The van der Waals surface area contributed by atoms with Crippen LogP contribution in [0.2, 0.25) is 0 Å². The van der Waals surface area contributed by atoms with E-state index in [9.17, 15) is 14.4 Å². The van der Waals surface area contributed by atoms with Crippen molar-refractivity contribution in [3.63, 3.8) is 0 Å². The van der Waals surface area contributed by atoms with Gasteiger partial charge in [-0.05, 0) is 12.3 Å². The number of amides is 2. The van der Waals surface area contributed by atoms with Crippen LogP contribution in [0.3, 0.4) is 0 Å². The molecule has 0 bridgehead atoms. The van der Waals surface area contributed by atoms with E-state index < -0.39 is 12.0 Å². The molecule has 1 aliphatic rings. The number of imide groups is 1. The number of hydrogen-bond acceptors (Lipinski definition) is 3. The Bertz CT molecular complexity index is 282. The van der Waals surface area contributed by atoms with E-state index >= 15 is 0 Å². The van der Waals surface area contributed by atoms with Crippen molar-refractivity contribution in [2.75, 3.05) is 0 Å². The zero-order valence-electron chi connectivity index (χ0n) is 8.90. The molecule has 0 aromatic carbocycles. The van der Waals surface area contributed by atoms with Gasteiger partial charge in [0.05, 0.1) is 0 Å². The Labute approximate surface area is 88.1 Å². The van der Waals surface area contributed by atoms with Crippen LogP contribution in [-0.4, -0.2) is 33.8 Å². The highest BCUT2D eigenvalue weighted by Gasteiger charge is 2.38. The van der Waals surface area contributed by atoms with Crippen LogP contribution in [0.4, 0.5) is 0 Å². The average molecular weight is 213 g/mol. The van der Waals surface area contributed by atoms with E-state index in [1.54, 1.807) is 0 Å². The Morgan fingerprint density at radius 3 is 2.13 bits per heavy atom. The van der Waals surface area contributed by atoms with Crippen molar-refractivity contribution in [3.05, 3.63) is 0 Å². The van der Waals surface area contributed by atoms with Crippen LogP contribution in [-0.2, 0) is 14.4 Å². The molecule has 1 aliphatic heterocycles. The number of nitrogens with zero attached hydrogens (tertiary/aromatic N) is 1. The minimum absolute atomic E-state index is 0.132. The van der Waals surface area contributed by atoms with Crippen LogP contribution in [0.25, 0.3) is 0 Å². The maximum absolute atomic E-state index is 11.4. The van der Waals surface area contributed by atoms with Gasteiger partial charge in [-0.2, -0.15) is 0 Å². The molecule has 5 heteroatoms. The lowest BCUT2D eigenvalue weighted by atomic mass is 10.0. The smallest absolute Gasteiger partial charge is 0.326 e. The van der Waals surface area contributed by atoms with Gasteiger partial charge in [0.1, 0.15) is 6.04 Å². The predicted molar refractivity (Wildman–Crippen MR) is 52.0 cm³/mol. The van der Waals surface area contributed by atoms with Crippen molar-refractivity contribution in [2.45, 2.75) is 39.2 Å². The Kier molecular flexibility index (Phi) is 3.44. The molecule has 0 aromatic rings. The summed E-state index contributed by atoms with van der Waals surface area (Å²) < 4.78 is 0. The van der Waals surface area contributed by atoms with Crippen molar-refractivity contribution in [1.82, 2.24) is 4.90 Å². The third-order valence-corrected chi connectivity index (χ3v) is 2.38. The summed E-state index contributed by atoms with van der Waals surface area (Å²) in [7, 11) is 0. The third-order valence-electron chi connectivity index (χ3n) is 2.38. The monoisotopic (exact) mass is 213 g/mol. The van der Waals surface area contributed by atoms with E-state index in [4.69, 9.17) is 5.11 Å². The van der Waals surface area contributed by atoms with Crippen LogP contribution in [0.15, 0.2) is 0 Å². The number of carboxylic acids is 1. The zero-order valence-corrected chi connectivity index (χ0v) is 8.90. The number of carbonyl (C=O) groups excluding carboxylic acids is 2. The van der Waals surface area contributed by atoms with Gasteiger partial charge in [-0.15, -0.1) is 0 Å². The second kappa shape index (κ2) is 4.42. The SMILES string of the molecule is CC(C)C[C@H](C(=O)O)N1C(=O)CCC1=O. The summed E-state index contributed by atoms with van der Waals surface area (Å²) in [6.45, 7) is 3.72. The van der Waals surface area contributed by atoms with E-state index in [1.165, 1.54) is 0 Å². The van der Waals surface area contributed by atoms with Gasteiger partial charge in [-0.25, -0.2) is 4.79 Å². The summed E-state index contributed by atoms with van der Waals surface area (Å²) in [5, 5.41) is 8.97. The Hall–Kier alpha value is -1.39. The first-order valence-corrected chi connectivity index (χ1v) is 5.01. The number of carboxylic acid groups (broad SMARTS) is 1. The van der Waals surface area contributed by atoms with Gasteiger partial charge < -0.3 is 5.11 Å². The normalized spacial score (nSPS) is 18.7. The Morgan fingerprint density at radius 2 is 1.80 bits per heavy atom. The molecule has 0 radical (unpaired) electrons. The molecule has 5 nitrogen and oxygen atoms in total. The summed E-state index contributed by atoms with van der Waals surface area (Å²) in [4.78, 5) is 34.6. The van der Waals surface area contributed by atoms with Crippen molar-refractivity contribution in [3.8, 4) is 0 Å². The summed E-state index contributed by atoms with van der Waals surface area (Å²) in [6.07, 6.45) is 0.591. The first-order valence-electron chi connectivity index (χ1n) is 5.01. The molecule has 15 heavy (non-hydrogen) atoms. The first kappa shape index (κ1) is 11.7. The molecule has 1 heterocycles. The summed E-state index contributed by atoms with van der Waals surface area (Å²) in [6, 6.07) is -0.993. The first-order chi connectivity index (χ1) is 6.93. The van der Waals surface area contributed by atoms with Crippen molar-refractivity contribution < 1.29 is 19.5 Å². The quantitative estimate of drug-likeness (QED) is 0.695. The van der Waals surface area contributed by atoms with E-state index in [0.717, 1.165) is 4.90 Å². The van der Waals surface area contributed by atoms with Crippen LogP contribution in [0.1, 0.15) is 33.1 Å². The molecule has 2 amide bonds. The lowest BCUT2D eigenvalue weighted by Crippen LogP contribution is -2.45. The molecule has 1 atom stereocenters. The van der Waals surface area contributed by atoms with E-state index in [-0.39, 0.29) is 30.6 Å². The number of carbonyl (C=O) groups is 3. The standard InChI is InChI=1S/C10H15NO4/c1-6(2)5-7(10(14)15)11-8(12)3-4-9(11)13/h6-7H,3-5H2,1-2H3,(H,14,15)/t7-/m1/s1. The molecule has 0 aromatic heterocycles. The molecule has 1 fully saturated rings. The molecule has 0 aliphatic carbocycles. The molecule has 84 valence electrons. The van der Waals surface area contributed by atoms with Crippen molar-refractivity contribution in [2.24, 2.45) is 5.92 Å². The molecule has 0 spiro atoms. The second-order valence-electron chi connectivity index (χ2n) is 4.14. The molecule has 0 unspecified atom stereocenters. The molecule has 0 saturated carbocycles. The van der Waals surface area contributed by atoms with Crippen LogP contribution < -0.4 is 0 Å². The molecule has 1 saturated heterocycles. The summed E-state index contributed by atoms with van der Waals surface area (Å²) in [5.74, 6) is -1.71. The van der Waals surface area contributed by atoms with Crippen LogP contribution in [0.5, 0.6) is 0 Å². The summed E-state index contributed by atoms with van der Waals surface area (Å²) >= 11 is 0. The minimum Gasteiger partial charge on any atom is -0.480 e. The van der Waals surface area contributed by atoms with E-state index in [0.29, 0.717) is 6.42 Å². The van der Waals surface area contributed by atoms with Gasteiger partial charge in [-0.3, -0.25) is 14.5 Å². The lowest BCUT2D eigenvalue weighted by Gasteiger charge is -2.23. The molecule has 1 N–H and O–H groups in total. The van der Waals surface area contributed by atoms with E-state index in [1.807, 2.05) is 13.8 Å². The van der Waals surface area contributed by atoms with Gasteiger partial charge in [0.2, 0.25) is 11.8 Å². The molecular formula is C10H15NO4. The fourth-order valence-electron chi connectivity index (χ4n) is 1.70. The highest BCUT2D eigenvalue weighted by atomic mass is 16.4. The van der Waals surface area contributed by atoms with Crippen LogP contribution in [0, 0.1) is 5.92 Å². The van der Waals surface area contributed by atoms with Gasteiger partial charge in [-0.1, -0.05) is 13.8 Å². The minimum atomic E-state index is -1.10. The van der Waals surface area contributed by atoms with Crippen molar-refractivity contribution in [1.29, 1.82) is 0 Å². The largest absolute Gasteiger partial charge is 0.480 e. The number of hydrogen-bond donors (Lipinski definition) is 1. The maximum atomic E-state index is 11.4. The van der Waals surface area contributed by atoms with Crippen LogP contribution >= 0.6 is 0 Å². The third kappa shape index (κ3) is 2.55.